The Kier molecular flexibility index (Phi) is 8.90. The molecular weight excluding hydrogens is 300 g/mol. The molecule has 0 fully saturated rings. The van der Waals surface area contributed by atoms with Crippen molar-refractivity contribution < 1.29 is 4.79 Å². The fourth-order valence-electron chi connectivity index (χ4n) is 2.08. The van der Waals surface area contributed by atoms with Crippen LogP contribution in [0.1, 0.15) is 39.7 Å². The molecule has 0 atom stereocenters. The molecule has 0 saturated heterocycles. The monoisotopic (exact) mass is 332 g/mol. The van der Waals surface area contributed by atoms with Crippen LogP contribution in [0.25, 0.3) is 0 Å². The third kappa shape index (κ3) is 8.56. The Morgan fingerprint density at radius 1 is 1.04 bits per heavy atom. The molecule has 5 heteroatoms. The van der Waals surface area contributed by atoms with Crippen LogP contribution in [0.2, 0.25) is 0 Å². The van der Waals surface area contributed by atoms with Gasteiger partial charge in [-0.25, -0.2) is 0 Å². The number of benzene rings is 1. The van der Waals surface area contributed by atoms with Gasteiger partial charge in [0.25, 0.3) is 0 Å². The average molecular weight is 332 g/mol. The van der Waals surface area contributed by atoms with Crippen LogP contribution in [0.15, 0.2) is 35.3 Å². The van der Waals surface area contributed by atoms with Crippen LogP contribution in [0.3, 0.4) is 0 Å². The van der Waals surface area contributed by atoms with Gasteiger partial charge in [-0.3, -0.25) is 9.79 Å². The van der Waals surface area contributed by atoms with Gasteiger partial charge in [0.15, 0.2) is 5.96 Å². The smallest absolute Gasteiger partial charge is 0.225 e. The Bertz CT molecular complexity index is 506. The molecule has 1 amide bonds. The Balaban J connectivity index is 2.28. The van der Waals surface area contributed by atoms with E-state index in [-0.39, 0.29) is 11.3 Å². The van der Waals surface area contributed by atoms with E-state index >= 15 is 0 Å². The predicted octanol–water partition coefficient (Wildman–Crippen LogP) is 2.34. The van der Waals surface area contributed by atoms with Crippen LogP contribution in [0.5, 0.6) is 0 Å². The molecule has 0 aromatic heterocycles. The summed E-state index contributed by atoms with van der Waals surface area (Å²) in [7, 11) is 0. The van der Waals surface area contributed by atoms with E-state index in [4.69, 9.17) is 0 Å². The number of rotatable bonds is 8. The van der Waals surface area contributed by atoms with Crippen molar-refractivity contribution in [3.05, 3.63) is 35.9 Å². The van der Waals surface area contributed by atoms with Gasteiger partial charge in [0.1, 0.15) is 0 Å². The molecule has 0 radical (unpaired) electrons. The fraction of sp³-hybridized carbons (Fsp3) is 0.579. The lowest BCUT2D eigenvalue weighted by Gasteiger charge is -2.18. The Morgan fingerprint density at radius 2 is 1.71 bits per heavy atom. The van der Waals surface area contributed by atoms with Crippen LogP contribution in [0.4, 0.5) is 0 Å². The number of nitrogens with zero attached hydrogens (tertiary/aromatic N) is 1. The minimum absolute atomic E-state index is 0.0640. The number of hydrogen-bond acceptors (Lipinski definition) is 2. The van der Waals surface area contributed by atoms with Gasteiger partial charge in [-0.05, 0) is 25.3 Å². The molecule has 134 valence electrons. The van der Waals surface area contributed by atoms with Gasteiger partial charge in [0.05, 0.1) is 0 Å². The van der Waals surface area contributed by atoms with Gasteiger partial charge in [-0.1, -0.05) is 51.1 Å². The van der Waals surface area contributed by atoms with Crippen molar-refractivity contribution in [3.8, 4) is 0 Å². The maximum Gasteiger partial charge on any atom is 0.225 e. The summed E-state index contributed by atoms with van der Waals surface area (Å²) in [6, 6.07) is 10.5. The second-order valence-corrected chi connectivity index (χ2v) is 6.78. The molecule has 0 aliphatic heterocycles. The van der Waals surface area contributed by atoms with E-state index in [0.29, 0.717) is 13.1 Å². The van der Waals surface area contributed by atoms with E-state index in [1.54, 1.807) is 0 Å². The lowest BCUT2D eigenvalue weighted by atomic mass is 9.96. The molecule has 0 unspecified atom stereocenters. The highest BCUT2D eigenvalue weighted by Gasteiger charge is 2.20. The first-order valence-electron chi connectivity index (χ1n) is 8.78. The highest BCUT2D eigenvalue weighted by atomic mass is 16.2. The summed E-state index contributed by atoms with van der Waals surface area (Å²) < 4.78 is 0. The quantitative estimate of drug-likeness (QED) is 0.389. The zero-order chi connectivity index (χ0) is 17.8. The standard InChI is InChI=1S/C19H32N4O/c1-5-20-18(23-15-14-21-17(24)19(2,3)4)22-13-9-12-16-10-7-6-8-11-16/h6-8,10-11H,5,9,12-15H2,1-4H3,(H,21,24)(H2,20,22,23). The molecule has 0 spiro atoms. The number of carbonyl (C=O) groups is 1. The van der Waals surface area contributed by atoms with Crippen LogP contribution in [-0.2, 0) is 11.2 Å². The normalized spacial score (nSPS) is 11.9. The lowest BCUT2D eigenvalue weighted by molar-refractivity contribution is -0.128. The number of hydrogen-bond donors (Lipinski definition) is 3. The number of aliphatic imine (C=N–C) groups is 1. The SMILES string of the molecule is CCNC(=NCCCc1ccccc1)NCCNC(=O)C(C)(C)C. The van der Waals surface area contributed by atoms with Crippen LogP contribution in [0, 0.1) is 5.41 Å². The summed E-state index contributed by atoms with van der Waals surface area (Å²) in [6.45, 7) is 10.6. The topological polar surface area (TPSA) is 65.5 Å². The summed E-state index contributed by atoms with van der Waals surface area (Å²) in [5.41, 5.74) is 0.992. The first kappa shape index (κ1) is 20.0. The molecule has 5 nitrogen and oxygen atoms in total. The number of aryl methyl sites for hydroxylation is 1. The first-order valence-corrected chi connectivity index (χ1v) is 8.78. The Hall–Kier alpha value is -2.04. The van der Waals surface area contributed by atoms with Gasteiger partial charge in [0, 0.05) is 31.6 Å². The van der Waals surface area contributed by atoms with Crippen molar-refractivity contribution in [2.45, 2.75) is 40.5 Å². The number of guanidine groups is 1. The van der Waals surface area contributed by atoms with Crippen molar-refractivity contribution >= 4 is 11.9 Å². The van der Waals surface area contributed by atoms with Gasteiger partial charge >= 0.3 is 0 Å². The van der Waals surface area contributed by atoms with Crippen molar-refractivity contribution in [1.82, 2.24) is 16.0 Å². The van der Waals surface area contributed by atoms with E-state index in [2.05, 4.69) is 45.2 Å². The zero-order valence-corrected chi connectivity index (χ0v) is 15.5. The van der Waals surface area contributed by atoms with E-state index < -0.39 is 0 Å². The minimum atomic E-state index is -0.351. The molecular formula is C19H32N4O. The second-order valence-electron chi connectivity index (χ2n) is 6.78. The van der Waals surface area contributed by atoms with E-state index in [0.717, 1.165) is 31.9 Å². The zero-order valence-electron chi connectivity index (χ0n) is 15.5. The average Bonchev–Trinajstić information content (AvgIpc) is 2.55. The summed E-state index contributed by atoms with van der Waals surface area (Å²) in [5, 5.41) is 9.40. The Labute approximate surface area is 146 Å². The summed E-state index contributed by atoms with van der Waals surface area (Å²) >= 11 is 0. The molecule has 0 bridgehead atoms. The summed E-state index contributed by atoms with van der Waals surface area (Å²) in [5.74, 6) is 0.865. The van der Waals surface area contributed by atoms with Crippen LogP contribution in [-0.4, -0.2) is 38.0 Å². The fourth-order valence-corrected chi connectivity index (χ4v) is 2.08. The molecule has 0 saturated carbocycles. The highest BCUT2D eigenvalue weighted by molar-refractivity contribution is 5.81. The molecule has 0 aliphatic rings. The molecule has 0 heterocycles. The van der Waals surface area contributed by atoms with Crippen molar-refractivity contribution in [1.29, 1.82) is 0 Å². The third-order valence-electron chi connectivity index (χ3n) is 3.46. The molecule has 1 rings (SSSR count). The molecule has 24 heavy (non-hydrogen) atoms. The van der Waals surface area contributed by atoms with Gasteiger partial charge in [-0.15, -0.1) is 0 Å². The molecule has 1 aromatic rings. The van der Waals surface area contributed by atoms with Crippen LogP contribution < -0.4 is 16.0 Å². The molecule has 1 aromatic carbocycles. The van der Waals surface area contributed by atoms with Crippen molar-refractivity contribution in [2.75, 3.05) is 26.2 Å². The second kappa shape index (κ2) is 10.7. The summed E-state index contributed by atoms with van der Waals surface area (Å²) in [6.07, 6.45) is 2.05. The van der Waals surface area contributed by atoms with Crippen molar-refractivity contribution in [2.24, 2.45) is 10.4 Å². The maximum absolute atomic E-state index is 11.8. The maximum atomic E-state index is 11.8. The van der Waals surface area contributed by atoms with Crippen LogP contribution >= 0.6 is 0 Å². The minimum Gasteiger partial charge on any atom is -0.357 e. The van der Waals surface area contributed by atoms with E-state index in [1.807, 2.05) is 33.8 Å². The van der Waals surface area contributed by atoms with Gasteiger partial charge in [-0.2, -0.15) is 0 Å². The van der Waals surface area contributed by atoms with Gasteiger partial charge < -0.3 is 16.0 Å². The largest absolute Gasteiger partial charge is 0.357 e. The van der Waals surface area contributed by atoms with E-state index in [9.17, 15) is 4.79 Å². The first-order chi connectivity index (χ1) is 11.4. The predicted molar refractivity (Wildman–Crippen MR) is 101 cm³/mol. The summed E-state index contributed by atoms with van der Waals surface area (Å²) in [4.78, 5) is 16.4. The number of carbonyl (C=O) groups excluding carboxylic acids is 1. The Morgan fingerprint density at radius 3 is 2.33 bits per heavy atom. The molecule has 0 aliphatic carbocycles. The number of amides is 1. The third-order valence-corrected chi connectivity index (χ3v) is 3.46. The number of nitrogens with one attached hydrogen (secondary N) is 3. The van der Waals surface area contributed by atoms with Crippen molar-refractivity contribution in [3.63, 3.8) is 0 Å². The highest BCUT2D eigenvalue weighted by Crippen LogP contribution is 2.11. The van der Waals surface area contributed by atoms with Gasteiger partial charge in [0.2, 0.25) is 5.91 Å². The lowest BCUT2D eigenvalue weighted by Crippen LogP contribution is -2.43. The van der Waals surface area contributed by atoms with E-state index in [1.165, 1.54) is 5.56 Å². The molecule has 3 N–H and O–H groups in total.